The molecule has 0 saturated carbocycles. The van der Waals surface area contributed by atoms with Crippen molar-refractivity contribution in [3.63, 3.8) is 0 Å². The Hall–Kier alpha value is -2.23. The van der Waals surface area contributed by atoms with E-state index in [1.165, 1.54) is 12.4 Å². The quantitative estimate of drug-likeness (QED) is 0.738. The molecule has 2 aromatic heterocycles. The van der Waals surface area contributed by atoms with Crippen molar-refractivity contribution in [3.05, 3.63) is 47.8 Å². The maximum atomic E-state index is 12.7. The lowest BCUT2D eigenvalue weighted by molar-refractivity contribution is 0.357. The average molecular weight is 419 g/mol. The Bertz CT molecular complexity index is 856. The van der Waals surface area contributed by atoms with Crippen LogP contribution in [0.1, 0.15) is 61.7 Å². The van der Waals surface area contributed by atoms with E-state index >= 15 is 0 Å². The SMILES string of the molecule is O=S(=O)(Oc1ncccc1C1CCCCN1)Oc1ncccc1C1CCCCN1. The van der Waals surface area contributed by atoms with Gasteiger partial charge < -0.3 is 19.0 Å². The molecule has 2 aliphatic rings. The van der Waals surface area contributed by atoms with Gasteiger partial charge in [-0.15, -0.1) is 8.42 Å². The van der Waals surface area contributed by atoms with Gasteiger partial charge in [-0.2, -0.15) is 0 Å². The lowest BCUT2D eigenvalue weighted by Crippen LogP contribution is -2.29. The average Bonchev–Trinajstić information content (AvgIpc) is 2.75. The van der Waals surface area contributed by atoms with Gasteiger partial charge >= 0.3 is 10.4 Å². The Labute approximate surface area is 171 Å². The number of rotatable bonds is 6. The topological polar surface area (TPSA) is 102 Å². The Morgan fingerprint density at radius 1 is 0.793 bits per heavy atom. The monoisotopic (exact) mass is 418 g/mol. The first-order chi connectivity index (χ1) is 14.1. The third-order valence-corrected chi connectivity index (χ3v) is 6.06. The molecule has 9 heteroatoms. The highest BCUT2D eigenvalue weighted by atomic mass is 32.3. The van der Waals surface area contributed by atoms with Gasteiger partial charge in [0.1, 0.15) is 0 Å². The van der Waals surface area contributed by atoms with Crippen molar-refractivity contribution in [2.24, 2.45) is 0 Å². The third kappa shape index (κ3) is 5.04. The van der Waals surface area contributed by atoms with Gasteiger partial charge in [-0.05, 0) is 50.9 Å². The molecule has 2 unspecified atom stereocenters. The molecule has 0 aliphatic carbocycles. The van der Waals surface area contributed by atoms with Gasteiger partial charge in [0.05, 0.1) is 0 Å². The van der Waals surface area contributed by atoms with Crippen LogP contribution in [-0.2, 0) is 10.4 Å². The van der Waals surface area contributed by atoms with Crippen LogP contribution in [0.25, 0.3) is 0 Å². The molecule has 0 spiro atoms. The summed E-state index contributed by atoms with van der Waals surface area (Å²) in [6.07, 6.45) is 9.17. The first-order valence-electron chi connectivity index (χ1n) is 10.1. The van der Waals surface area contributed by atoms with E-state index in [1.807, 2.05) is 12.1 Å². The van der Waals surface area contributed by atoms with Crippen molar-refractivity contribution >= 4 is 10.4 Å². The molecule has 2 aromatic rings. The molecule has 2 N–H and O–H groups in total. The summed E-state index contributed by atoms with van der Waals surface area (Å²) in [4.78, 5) is 8.28. The van der Waals surface area contributed by atoms with Crippen LogP contribution in [0, 0.1) is 0 Å². The number of pyridine rings is 2. The summed E-state index contributed by atoms with van der Waals surface area (Å²) in [5, 5.41) is 6.77. The van der Waals surface area contributed by atoms with Crippen molar-refractivity contribution in [3.8, 4) is 11.8 Å². The zero-order valence-corrected chi connectivity index (χ0v) is 17.0. The lowest BCUT2D eigenvalue weighted by Gasteiger charge is -2.25. The van der Waals surface area contributed by atoms with Crippen LogP contribution in [0.4, 0.5) is 0 Å². The largest absolute Gasteiger partial charge is 0.504 e. The van der Waals surface area contributed by atoms with Gasteiger partial charge in [-0.1, -0.05) is 25.0 Å². The molecule has 29 heavy (non-hydrogen) atoms. The first kappa shape index (κ1) is 20.1. The predicted molar refractivity (Wildman–Crippen MR) is 108 cm³/mol. The number of hydrogen-bond acceptors (Lipinski definition) is 8. The molecule has 4 rings (SSSR count). The molecule has 0 amide bonds. The summed E-state index contributed by atoms with van der Waals surface area (Å²) >= 11 is 0. The fourth-order valence-corrected chi connectivity index (χ4v) is 4.62. The van der Waals surface area contributed by atoms with Gasteiger partial charge in [-0.25, -0.2) is 9.97 Å². The van der Waals surface area contributed by atoms with Crippen LogP contribution < -0.4 is 19.0 Å². The molecule has 0 radical (unpaired) electrons. The van der Waals surface area contributed by atoms with Crippen molar-refractivity contribution < 1.29 is 16.8 Å². The highest BCUT2D eigenvalue weighted by Crippen LogP contribution is 2.32. The van der Waals surface area contributed by atoms with Gasteiger partial charge in [-0.3, -0.25) is 0 Å². The van der Waals surface area contributed by atoms with Crippen molar-refractivity contribution in [2.45, 2.75) is 50.6 Å². The van der Waals surface area contributed by atoms with Crippen molar-refractivity contribution in [1.29, 1.82) is 0 Å². The Balaban J connectivity index is 1.54. The van der Waals surface area contributed by atoms with Crippen LogP contribution in [0.3, 0.4) is 0 Å². The summed E-state index contributed by atoms with van der Waals surface area (Å²) in [7, 11) is -4.39. The van der Waals surface area contributed by atoms with Crippen LogP contribution >= 0.6 is 0 Å². The fraction of sp³-hybridized carbons (Fsp3) is 0.500. The molecule has 8 nitrogen and oxygen atoms in total. The Morgan fingerprint density at radius 2 is 1.28 bits per heavy atom. The third-order valence-electron chi connectivity index (χ3n) is 5.33. The van der Waals surface area contributed by atoms with Crippen LogP contribution in [0.15, 0.2) is 36.7 Å². The fourth-order valence-electron chi connectivity index (χ4n) is 3.92. The minimum atomic E-state index is -4.39. The second-order valence-corrected chi connectivity index (χ2v) is 8.53. The molecule has 2 saturated heterocycles. The lowest BCUT2D eigenvalue weighted by atomic mass is 9.98. The van der Waals surface area contributed by atoms with Gasteiger partial charge in [0.2, 0.25) is 11.8 Å². The predicted octanol–water partition coefficient (Wildman–Crippen LogP) is 2.81. The van der Waals surface area contributed by atoms with E-state index in [4.69, 9.17) is 8.37 Å². The zero-order valence-electron chi connectivity index (χ0n) is 16.2. The smallest absolute Gasteiger partial charge is 0.332 e. The second kappa shape index (κ2) is 9.06. The normalized spacial score (nSPS) is 22.8. The molecule has 4 heterocycles. The maximum absolute atomic E-state index is 12.7. The second-order valence-electron chi connectivity index (χ2n) is 7.38. The van der Waals surface area contributed by atoms with E-state index in [0.717, 1.165) is 62.7 Å². The van der Waals surface area contributed by atoms with E-state index in [9.17, 15) is 8.42 Å². The summed E-state index contributed by atoms with van der Waals surface area (Å²) < 4.78 is 35.9. The van der Waals surface area contributed by atoms with E-state index < -0.39 is 10.4 Å². The molecule has 156 valence electrons. The zero-order chi connectivity index (χ0) is 20.1. The highest BCUT2D eigenvalue weighted by Gasteiger charge is 2.27. The molecular weight excluding hydrogens is 392 g/mol. The standard InChI is InChI=1S/C20H26N4O4S/c25-29(26,27-19-15(7-5-13-23-19)17-9-1-3-11-21-17)28-20-16(8-6-14-24-20)18-10-2-4-12-22-18/h5-8,13-14,17-18,21-22H,1-4,9-12H2. The van der Waals surface area contributed by atoms with Gasteiger partial charge in [0, 0.05) is 35.6 Å². The number of piperidine rings is 2. The number of nitrogens with one attached hydrogen (secondary N) is 2. The van der Waals surface area contributed by atoms with Crippen molar-refractivity contribution in [1.82, 2.24) is 20.6 Å². The highest BCUT2D eigenvalue weighted by molar-refractivity contribution is 7.82. The maximum Gasteiger partial charge on any atom is 0.504 e. The van der Waals surface area contributed by atoms with E-state index in [1.54, 1.807) is 12.1 Å². The van der Waals surface area contributed by atoms with Crippen LogP contribution in [0.5, 0.6) is 11.8 Å². The van der Waals surface area contributed by atoms with Crippen LogP contribution in [-0.4, -0.2) is 31.5 Å². The molecular formula is C20H26N4O4S. The van der Waals surface area contributed by atoms with Crippen molar-refractivity contribution in [2.75, 3.05) is 13.1 Å². The minimum absolute atomic E-state index is 0.0134. The first-order valence-corrected chi connectivity index (χ1v) is 11.5. The summed E-state index contributed by atoms with van der Waals surface area (Å²) in [5.41, 5.74) is 1.43. The number of aromatic nitrogens is 2. The van der Waals surface area contributed by atoms with Crippen LogP contribution in [0.2, 0.25) is 0 Å². The molecule has 2 aliphatic heterocycles. The van der Waals surface area contributed by atoms with Gasteiger partial charge in [0.15, 0.2) is 0 Å². The minimum Gasteiger partial charge on any atom is -0.332 e. The molecule has 0 bridgehead atoms. The Morgan fingerprint density at radius 3 is 1.69 bits per heavy atom. The van der Waals surface area contributed by atoms with Gasteiger partial charge in [0.25, 0.3) is 0 Å². The number of hydrogen-bond donors (Lipinski definition) is 2. The molecule has 2 fully saturated rings. The molecule has 2 atom stereocenters. The van der Waals surface area contributed by atoms with E-state index in [2.05, 4.69) is 20.6 Å². The van der Waals surface area contributed by atoms with E-state index in [-0.39, 0.29) is 23.8 Å². The number of nitrogens with zero attached hydrogens (tertiary/aromatic N) is 2. The summed E-state index contributed by atoms with van der Waals surface area (Å²) in [6.45, 7) is 1.77. The Kier molecular flexibility index (Phi) is 6.27. The molecule has 0 aromatic carbocycles. The summed E-state index contributed by atoms with van der Waals surface area (Å²) in [6, 6.07) is 7.24. The van der Waals surface area contributed by atoms with E-state index in [0.29, 0.717) is 0 Å². The summed E-state index contributed by atoms with van der Waals surface area (Å²) in [5.74, 6) is 0.0837.